The quantitative estimate of drug-likeness (QED) is 0.250. The summed E-state index contributed by atoms with van der Waals surface area (Å²) in [6.45, 7) is 4.70. The minimum atomic E-state index is 0. The van der Waals surface area contributed by atoms with Crippen molar-refractivity contribution in [1.82, 2.24) is 10.3 Å². The lowest BCUT2D eigenvalue weighted by molar-refractivity contribution is 0.294. The zero-order valence-corrected chi connectivity index (χ0v) is 19.3. The van der Waals surface area contributed by atoms with Crippen LogP contribution in [0, 0.1) is 0 Å². The molecule has 0 saturated heterocycles. The number of guanidine groups is 1. The number of aromatic nitrogens is 1. The fourth-order valence-electron chi connectivity index (χ4n) is 2.74. The first-order chi connectivity index (χ1) is 13.8. The van der Waals surface area contributed by atoms with Crippen LogP contribution in [0.25, 0.3) is 0 Å². The highest BCUT2D eigenvalue weighted by atomic mass is 127. The number of benzene rings is 1. The topological polar surface area (TPSA) is 77.0 Å². The average molecular weight is 512 g/mol. The number of pyridine rings is 1. The van der Waals surface area contributed by atoms with Crippen molar-refractivity contribution in [3.05, 3.63) is 42.1 Å². The zero-order chi connectivity index (χ0) is 19.6. The molecule has 0 radical (unpaired) electrons. The predicted octanol–water partition coefficient (Wildman–Crippen LogP) is 4.23. The van der Waals surface area contributed by atoms with Crippen LogP contribution in [0.2, 0.25) is 0 Å². The summed E-state index contributed by atoms with van der Waals surface area (Å²) in [5.41, 5.74) is 1.86. The molecule has 2 aromatic rings. The Morgan fingerprint density at radius 2 is 2.03 bits per heavy atom. The van der Waals surface area contributed by atoms with Gasteiger partial charge in [0.15, 0.2) is 17.5 Å². The molecule has 0 bridgehead atoms. The van der Waals surface area contributed by atoms with Gasteiger partial charge in [-0.25, -0.2) is 4.98 Å². The van der Waals surface area contributed by atoms with Crippen molar-refractivity contribution in [2.45, 2.75) is 32.7 Å². The van der Waals surface area contributed by atoms with E-state index in [1.54, 1.807) is 13.2 Å². The lowest BCUT2D eigenvalue weighted by Gasteiger charge is -2.15. The molecule has 0 amide bonds. The summed E-state index contributed by atoms with van der Waals surface area (Å²) in [5, 5.41) is 6.59. The number of fused-ring (bicyclic) bond motifs is 1. The second-order valence-corrected chi connectivity index (χ2v) is 6.43. The highest BCUT2D eigenvalue weighted by molar-refractivity contribution is 14.0. The van der Waals surface area contributed by atoms with Crippen molar-refractivity contribution in [2.75, 3.05) is 32.2 Å². The molecule has 158 valence electrons. The van der Waals surface area contributed by atoms with Gasteiger partial charge in [-0.15, -0.1) is 24.0 Å². The van der Waals surface area contributed by atoms with Crippen LogP contribution < -0.4 is 24.8 Å². The minimum absolute atomic E-state index is 0. The third-order valence-electron chi connectivity index (χ3n) is 4.27. The first kappa shape index (κ1) is 23.1. The number of nitrogens with one attached hydrogen (secondary N) is 2. The maximum atomic E-state index is 5.79. The van der Waals surface area contributed by atoms with Crippen LogP contribution >= 0.6 is 24.0 Å². The van der Waals surface area contributed by atoms with Crippen molar-refractivity contribution < 1.29 is 14.2 Å². The summed E-state index contributed by atoms with van der Waals surface area (Å²) in [7, 11) is 1.74. The molecule has 3 rings (SSSR count). The average Bonchev–Trinajstić information content (AvgIpc) is 2.97. The van der Waals surface area contributed by atoms with Gasteiger partial charge in [0.25, 0.3) is 0 Å². The third kappa shape index (κ3) is 6.95. The smallest absolute Gasteiger partial charge is 0.218 e. The Balaban J connectivity index is 0.00000300. The van der Waals surface area contributed by atoms with Crippen LogP contribution in [0.3, 0.4) is 0 Å². The molecule has 29 heavy (non-hydrogen) atoms. The van der Waals surface area contributed by atoms with E-state index in [1.807, 2.05) is 30.3 Å². The van der Waals surface area contributed by atoms with Crippen LogP contribution in [-0.2, 0) is 6.54 Å². The number of aliphatic imine (C=N–C) groups is 1. The Bertz CT molecular complexity index is 801. The SMILES string of the molecule is CCCCOc1ncccc1CNC(=NC)Nc1ccc2c(c1)OCCCO2.I. The molecule has 0 atom stereocenters. The standard InChI is InChI=1S/C21H28N4O3.HI/c1-3-4-11-28-20-16(7-5-10-23-20)15-24-21(22-2)25-17-8-9-18-19(14-17)27-13-6-12-26-18;/h5,7-10,14H,3-4,6,11-13,15H2,1-2H3,(H2,22,24,25);1H. The van der Waals surface area contributed by atoms with Crippen LogP contribution in [-0.4, -0.2) is 37.8 Å². The number of rotatable bonds is 7. The molecule has 8 heteroatoms. The van der Waals surface area contributed by atoms with E-state index in [-0.39, 0.29) is 24.0 Å². The largest absolute Gasteiger partial charge is 0.490 e. The minimum Gasteiger partial charge on any atom is -0.490 e. The monoisotopic (exact) mass is 512 g/mol. The van der Waals surface area contributed by atoms with E-state index in [9.17, 15) is 0 Å². The molecule has 1 aliphatic heterocycles. The molecule has 1 aromatic carbocycles. The van der Waals surface area contributed by atoms with E-state index < -0.39 is 0 Å². The second-order valence-electron chi connectivity index (χ2n) is 6.43. The fraction of sp³-hybridized carbons (Fsp3) is 0.429. The van der Waals surface area contributed by atoms with E-state index in [0.717, 1.165) is 42.0 Å². The molecule has 0 saturated carbocycles. The molecular weight excluding hydrogens is 483 g/mol. The van der Waals surface area contributed by atoms with Crippen molar-refractivity contribution in [3.63, 3.8) is 0 Å². The highest BCUT2D eigenvalue weighted by Crippen LogP contribution is 2.32. The summed E-state index contributed by atoms with van der Waals surface area (Å²) in [5.74, 6) is 2.83. The molecule has 7 nitrogen and oxygen atoms in total. The number of unbranched alkanes of at least 4 members (excludes halogenated alkanes) is 1. The van der Waals surface area contributed by atoms with E-state index >= 15 is 0 Å². The predicted molar refractivity (Wildman–Crippen MR) is 126 cm³/mol. The first-order valence-corrected chi connectivity index (χ1v) is 9.74. The Morgan fingerprint density at radius 1 is 1.21 bits per heavy atom. The molecule has 0 unspecified atom stereocenters. The van der Waals surface area contributed by atoms with Gasteiger partial charge in [-0.3, -0.25) is 4.99 Å². The number of nitrogens with zero attached hydrogens (tertiary/aromatic N) is 2. The number of hydrogen-bond acceptors (Lipinski definition) is 5. The fourth-order valence-corrected chi connectivity index (χ4v) is 2.74. The van der Waals surface area contributed by atoms with Gasteiger partial charge >= 0.3 is 0 Å². The van der Waals surface area contributed by atoms with E-state index in [4.69, 9.17) is 14.2 Å². The lowest BCUT2D eigenvalue weighted by Crippen LogP contribution is -2.30. The molecule has 1 aromatic heterocycles. The number of hydrogen-bond donors (Lipinski definition) is 2. The van der Waals surface area contributed by atoms with Gasteiger partial charge in [0.05, 0.1) is 19.8 Å². The molecule has 2 N–H and O–H groups in total. The van der Waals surface area contributed by atoms with Gasteiger partial charge < -0.3 is 24.8 Å². The molecule has 0 fully saturated rings. The Labute approximate surface area is 189 Å². The van der Waals surface area contributed by atoms with Gasteiger partial charge in [-0.05, 0) is 24.6 Å². The van der Waals surface area contributed by atoms with E-state index in [0.29, 0.717) is 38.2 Å². The molecule has 0 aliphatic carbocycles. The maximum absolute atomic E-state index is 5.79. The Morgan fingerprint density at radius 3 is 2.83 bits per heavy atom. The summed E-state index contributed by atoms with van der Waals surface area (Å²) in [6.07, 6.45) is 4.73. The summed E-state index contributed by atoms with van der Waals surface area (Å²) in [4.78, 5) is 8.64. The maximum Gasteiger partial charge on any atom is 0.218 e. The van der Waals surface area contributed by atoms with Crippen LogP contribution in [0.15, 0.2) is 41.5 Å². The van der Waals surface area contributed by atoms with Crippen molar-refractivity contribution in [2.24, 2.45) is 4.99 Å². The van der Waals surface area contributed by atoms with Crippen molar-refractivity contribution >= 4 is 35.6 Å². The first-order valence-electron chi connectivity index (χ1n) is 9.74. The molecule has 2 heterocycles. The highest BCUT2D eigenvalue weighted by Gasteiger charge is 2.12. The van der Waals surface area contributed by atoms with Gasteiger partial charge in [0.2, 0.25) is 5.88 Å². The van der Waals surface area contributed by atoms with Gasteiger partial charge in [-0.1, -0.05) is 19.4 Å². The number of anilines is 1. The lowest BCUT2D eigenvalue weighted by atomic mass is 10.2. The number of halogens is 1. The van der Waals surface area contributed by atoms with E-state index in [2.05, 4.69) is 27.5 Å². The molecule has 1 aliphatic rings. The summed E-state index contributed by atoms with van der Waals surface area (Å²) < 4.78 is 17.2. The Hall–Kier alpha value is -2.23. The van der Waals surface area contributed by atoms with E-state index in [1.165, 1.54) is 0 Å². The molecule has 0 spiro atoms. The molecular formula is C21H29IN4O3. The normalized spacial score (nSPS) is 13.1. The zero-order valence-electron chi connectivity index (χ0n) is 16.9. The number of ether oxygens (including phenoxy) is 3. The van der Waals surface area contributed by atoms with Crippen LogP contribution in [0.1, 0.15) is 31.7 Å². The third-order valence-corrected chi connectivity index (χ3v) is 4.27. The van der Waals surface area contributed by atoms with Gasteiger partial charge in [-0.2, -0.15) is 0 Å². The van der Waals surface area contributed by atoms with Crippen molar-refractivity contribution in [3.8, 4) is 17.4 Å². The van der Waals surface area contributed by atoms with Crippen LogP contribution in [0.4, 0.5) is 5.69 Å². The van der Waals surface area contributed by atoms with Crippen LogP contribution in [0.5, 0.6) is 17.4 Å². The summed E-state index contributed by atoms with van der Waals surface area (Å²) in [6, 6.07) is 9.70. The van der Waals surface area contributed by atoms with Gasteiger partial charge in [0.1, 0.15) is 0 Å². The summed E-state index contributed by atoms with van der Waals surface area (Å²) >= 11 is 0. The second kappa shape index (κ2) is 12.4. The van der Waals surface area contributed by atoms with Crippen molar-refractivity contribution in [1.29, 1.82) is 0 Å². The van der Waals surface area contributed by atoms with Gasteiger partial charge in [0, 0.05) is 43.5 Å². The Kier molecular flexibility index (Phi) is 9.82.